The molecule has 2 aromatic carbocycles. The van der Waals surface area contributed by atoms with Crippen LogP contribution in [0.3, 0.4) is 0 Å². The summed E-state index contributed by atoms with van der Waals surface area (Å²) >= 11 is 0. The predicted octanol–water partition coefficient (Wildman–Crippen LogP) is 3.66. The molecule has 4 nitrogen and oxygen atoms in total. The topological polar surface area (TPSA) is 43.6 Å². The van der Waals surface area contributed by atoms with E-state index in [-0.39, 0.29) is 11.4 Å². The molecule has 0 bridgehead atoms. The molecule has 0 aliphatic rings. The van der Waals surface area contributed by atoms with Crippen molar-refractivity contribution in [2.45, 2.75) is 13.1 Å². The zero-order valence-corrected chi connectivity index (χ0v) is 11.5. The van der Waals surface area contributed by atoms with Crippen LogP contribution >= 0.6 is 0 Å². The molecule has 0 spiro atoms. The molecule has 0 radical (unpaired) electrons. The highest BCUT2D eigenvalue weighted by Gasteiger charge is 2.34. The van der Waals surface area contributed by atoms with E-state index in [1.165, 1.54) is 22.9 Å². The van der Waals surface area contributed by atoms with E-state index >= 15 is 0 Å². The molecule has 3 aromatic rings. The number of benzene rings is 2. The molecular weight excluding hydrogens is 293 g/mol. The molecule has 0 fully saturated rings. The standard InChI is InChI=1S/C15H11F3N4/c1-10-6-8-11(9-7-10)22-14(19-20-21-22)12-4-2-3-5-13(12)15(16,17)18/h2-9H,1H3. The number of aromatic nitrogens is 4. The van der Waals surface area contributed by atoms with Crippen molar-refractivity contribution in [2.75, 3.05) is 0 Å². The van der Waals surface area contributed by atoms with Gasteiger partial charge in [-0.05, 0) is 35.5 Å². The Kier molecular flexibility index (Phi) is 3.40. The van der Waals surface area contributed by atoms with Crippen molar-refractivity contribution >= 4 is 0 Å². The molecule has 1 heterocycles. The van der Waals surface area contributed by atoms with Gasteiger partial charge in [0, 0.05) is 5.56 Å². The third-order valence-electron chi connectivity index (χ3n) is 3.22. The van der Waals surface area contributed by atoms with Gasteiger partial charge in [-0.3, -0.25) is 0 Å². The monoisotopic (exact) mass is 304 g/mol. The molecule has 0 saturated heterocycles. The maximum absolute atomic E-state index is 13.1. The van der Waals surface area contributed by atoms with Crippen molar-refractivity contribution in [2.24, 2.45) is 0 Å². The minimum absolute atomic E-state index is 0.0526. The summed E-state index contributed by atoms with van der Waals surface area (Å²) in [4.78, 5) is 0. The van der Waals surface area contributed by atoms with Gasteiger partial charge < -0.3 is 0 Å². The summed E-state index contributed by atoms with van der Waals surface area (Å²) in [5, 5.41) is 11.1. The van der Waals surface area contributed by atoms with Crippen LogP contribution in [0.2, 0.25) is 0 Å². The first-order chi connectivity index (χ1) is 10.5. The fraction of sp³-hybridized carbons (Fsp3) is 0.133. The van der Waals surface area contributed by atoms with Crippen LogP contribution in [-0.2, 0) is 6.18 Å². The second-order valence-corrected chi connectivity index (χ2v) is 4.79. The third-order valence-corrected chi connectivity index (χ3v) is 3.22. The number of halogens is 3. The Morgan fingerprint density at radius 2 is 1.64 bits per heavy atom. The molecule has 0 atom stereocenters. The first-order valence-electron chi connectivity index (χ1n) is 6.49. The predicted molar refractivity (Wildman–Crippen MR) is 74.3 cm³/mol. The average molecular weight is 304 g/mol. The summed E-state index contributed by atoms with van der Waals surface area (Å²) in [7, 11) is 0. The number of tetrazole rings is 1. The van der Waals surface area contributed by atoms with Crippen molar-refractivity contribution in [3.8, 4) is 17.1 Å². The molecule has 22 heavy (non-hydrogen) atoms. The number of alkyl halides is 3. The molecule has 0 aliphatic carbocycles. The second kappa shape index (κ2) is 5.25. The molecule has 7 heteroatoms. The summed E-state index contributed by atoms with van der Waals surface area (Å²) in [6, 6.07) is 12.4. The Balaban J connectivity index is 2.16. The van der Waals surface area contributed by atoms with Crippen LogP contribution in [0.15, 0.2) is 48.5 Å². The van der Waals surface area contributed by atoms with Gasteiger partial charge in [0.05, 0.1) is 11.3 Å². The quantitative estimate of drug-likeness (QED) is 0.725. The van der Waals surface area contributed by atoms with Crippen LogP contribution in [0.25, 0.3) is 17.1 Å². The summed E-state index contributed by atoms with van der Waals surface area (Å²) in [6.45, 7) is 1.92. The van der Waals surface area contributed by atoms with Gasteiger partial charge in [-0.2, -0.15) is 17.9 Å². The molecule has 3 rings (SSSR count). The van der Waals surface area contributed by atoms with E-state index in [0.29, 0.717) is 5.69 Å². The Morgan fingerprint density at radius 3 is 2.32 bits per heavy atom. The molecule has 0 N–H and O–H groups in total. The summed E-state index contributed by atoms with van der Waals surface area (Å²) < 4.78 is 40.7. The molecule has 0 saturated carbocycles. The van der Waals surface area contributed by atoms with Crippen molar-refractivity contribution in [1.29, 1.82) is 0 Å². The van der Waals surface area contributed by atoms with E-state index in [0.717, 1.165) is 11.6 Å². The Hall–Kier alpha value is -2.70. The normalized spacial score (nSPS) is 11.6. The van der Waals surface area contributed by atoms with Gasteiger partial charge in [-0.25, -0.2) is 0 Å². The fourth-order valence-corrected chi connectivity index (χ4v) is 2.14. The lowest BCUT2D eigenvalue weighted by molar-refractivity contribution is -0.137. The SMILES string of the molecule is Cc1ccc(-n2nnnc2-c2ccccc2C(F)(F)F)cc1. The van der Waals surface area contributed by atoms with Gasteiger partial charge in [0.1, 0.15) is 0 Å². The van der Waals surface area contributed by atoms with Crippen LogP contribution < -0.4 is 0 Å². The smallest absolute Gasteiger partial charge is 0.193 e. The lowest BCUT2D eigenvalue weighted by atomic mass is 10.1. The first-order valence-corrected chi connectivity index (χ1v) is 6.49. The van der Waals surface area contributed by atoms with E-state index in [4.69, 9.17) is 0 Å². The Bertz CT molecular complexity index is 791. The fourth-order valence-electron chi connectivity index (χ4n) is 2.14. The number of nitrogens with zero attached hydrogens (tertiary/aromatic N) is 4. The molecule has 1 aromatic heterocycles. The van der Waals surface area contributed by atoms with E-state index < -0.39 is 11.7 Å². The molecule has 112 valence electrons. The van der Waals surface area contributed by atoms with Gasteiger partial charge in [0.15, 0.2) is 5.82 Å². The maximum atomic E-state index is 13.1. The summed E-state index contributed by atoms with van der Waals surface area (Å²) in [5.41, 5.74) is 0.815. The van der Waals surface area contributed by atoms with Crippen LogP contribution in [0.4, 0.5) is 13.2 Å². The molecule has 0 aliphatic heterocycles. The van der Waals surface area contributed by atoms with Crippen LogP contribution in [0.1, 0.15) is 11.1 Å². The highest BCUT2D eigenvalue weighted by atomic mass is 19.4. The number of aryl methyl sites for hydroxylation is 1. The lowest BCUT2D eigenvalue weighted by Crippen LogP contribution is -2.09. The molecule has 0 unspecified atom stereocenters. The average Bonchev–Trinajstić information content (AvgIpc) is 2.96. The maximum Gasteiger partial charge on any atom is 0.417 e. The highest BCUT2D eigenvalue weighted by molar-refractivity contribution is 5.62. The van der Waals surface area contributed by atoms with Crippen molar-refractivity contribution in [3.63, 3.8) is 0 Å². The van der Waals surface area contributed by atoms with Gasteiger partial charge in [-0.15, -0.1) is 5.10 Å². The largest absolute Gasteiger partial charge is 0.417 e. The number of hydrogen-bond donors (Lipinski definition) is 0. The molecule has 0 amide bonds. The van der Waals surface area contributed by atoms with Gasteiger partial charge in [0.2, 0.25) is 0 Å². The van der Waals surface area contributed by atoms with Gasteiger partial charge in [-0.1, -0.05) is 35.9 Å². The summed E-state index contributed by atoms with van der Waals surface area (Å²) in [5.74, 6) is 0.0526. The van der Waals surface area contributed by atoms with Crippen LogP contribution in [0, 0.1) is 6.92 Å². The van der Waals surface area contributed by atoms with Crippen molar-refractivity contribution in [1.82, 2.24) is 20.2 Å². The van der Waals surface area contributed by atoms with E-state index in [1.54, 1.807) is 12.1 Å². The lowest BCUT2D eigenvalue weighted by Gasteiger charge is -2.12. The number of hydrogen-bond acceptors (Lipinski definition) is 3. The Morgan fingerprint density at radius 1 is 0.955 bits per heavy atom. The first kappa shape index (κ1) is 14.2. The van der Waals surface area contributed by atoms with Crippen molar-refractivity contribution in [3.05, 3.63) is 59.7 Å². The summed E-state index contributed by atoms with van der Waals surface area (Å²) in [6.07, 6.45) is -4.47. The van der Waals surface area contributed by atoms with Crippen LogP contribution in [-0.4, -0.2) is 20.2 Å². The molecular formula is C15H11F3N4. The Labute approximate surface area is 124 Å². The highest BCUT2D eigenvalue weighted by Crippen LogP contribution is 2.36. The minimum Gasteiger partial charge on any atom is -0.193 e. The van der Waals surface area contributed by atoms with Gasteiger partial charge >= 0.3 is 6.18 Å². The second-order valence-electron chi connectivity index (χ2n) is 4.79. The number of rotatable bonds is 2. The van der Waals surface area contributed by atoms with Crippen molar-refractivity contribution < 1.29 is 13.2 Å². The van der Waals surface area contributed by atoms with E-state index in [2.05, 4.69) is 15.5 Å². The minimum atomic E-state index is -4.47. The zero-order chi connectivity index (χ0) is 15.7. The van der Waals surface area contributed by atoms with Gasteiger partial charge in [0.25, 0.3) is 0 Å². The van der Waals surface area contributed by atoms with Crippen LogP contribution in [0.5, 0.6) is 0 Å². The third kappa shape index (κ3) is 2.57. The van der Waals surface area contributed by atoms with E-state index in [1.807, 2.05) is 19.1 Å². The van der Waals surface area contributed by atoms with E-state index in [9.17, 15) is 13.2 Å². The zero-order valence-electron chi connectivity index (χ0n) is 11.5.